The fourth-order valence-electron chi connectivity index (χ4n) is 4.32. The smallest absolute Gasteiger partial charge is 0.303 e. The van der Waals surface area contributed by atoms with Crippen molar-refractivity contribution in [2.75, 3.05) is 18.0 Å². The van der Waals surface area contributed by atoms with E-state index in [9.17, 15) is 22.0 Å². The van der Waals surface area contributed by atoms with Gasteiger partial charge in [-0.1, -0.05) is 11.6 Å². The number of benzene rings is 1. The SMILES string of the molecule is O=C(O)CCCC1CCN(c2nc(-c3cc(F)c(Cl)cc3F)nc3c2CS(=O)(=O)C3)CC1. The molecule has 7 nitrogen and oxygen atoms in total. The normalized spacial score (nSPS) is 18.0. The Morgan fingerprint density at radius 1 is 1.16 bits per heavy atom. The molecule has 0 amide bonds. The van der Waals surface area contributed by atoms with Crippen LogP contribution in [0.5, 0.6) is 0 Å². The van der Waals surface area contributed by atoms with E-state index in [0.717, 1.165) is 31.4 Å². The molecule has 0 spiro atoms. The van der Waals surface area contributed by atoms with E-state index >= 15 is 0 Å². The van der Waals surface area contributed by atoms with Gasteiger partial charge in [-0.15, -0.1) is 0 Å². The van der Waals surface area contributed by atoms with Gasteiger partial charge in [0.05, 0.1) is 27.8 Å². The van der Waals surface area contributed by atoms with E-state index in [0.29, 0.717) is 42.5 Å². The number of anilines is 1. The van der Waals surface area contributed by atoms with E-state index in [4.69, 9.17) is 16.7 Å². The second kappa shape index (κ2) is 8.90. The zero-order valence-corrected chi connectivity index (χ0v) is 18.7. The van der Waals surface area contributed by atoms with E-state index in [1.54, 1.807) is 0 Å². The Labute approximate surface area is 189 Å². The van der Waals surface area contributed by atoms with Gasteiger partial charge >= 0.3 is 5.97 Å². The van der Waals surface area contributed by atoms with Crippen LogP contribution < -0.4 is 4.90 Å². The summed E-state index contributed by atoms with van der Waals surface area (Å²) in [5.74, 6) is -2.13. The van der Waals surface area contributed by atoms with E-state index in [2.05, 4.69) is 9.97 Å². The van der Waals surface area contributed by atoms with Crippen LogP contribution in [-0.4, -0.2) is 42.6 Å². The van der Waals surface area contributed by atoms with Gasteiger partial charge in [-0.05, 0) is 43.7 Å². The van der Waals surface area contributed by atoms with Crippen LogP contribution in [0.25, 0.3) is 11.4 Å². The molecule has 1 fully saturated rings. The maximum absolute atomic E-state index is 14.5. The molecule has 0 unspecified atom stereocenters. The molecule has 0 aliphatic carbocycles. The summed E-state index contributed by atoms with van der Waals surface area (Å²) >= 11 is 5.65. The largest absolute Gasteiger partial charge is 0.481 e. The fourth-order valence-corrected chi connectivity index (χ4v) is 5.96. The quantitative estimate of drug-likeness (QED) is 0.618. The monoisotopic (exact) mass is 485 g/mol. The minimum absolute atomic E-state index is 0.0764. The maximum Gasteiger partial charge on any atom is 0.303 e. The number of piperidine rings is 1. The molecule has 0 radical (unpaired) electrons. The number of hydrogen-bond acceptors (Lipinski definition) is 6. The molecule has 0 bridgehead atoms. The lowest BCUT2D eigenvalue weighted by Crippen LogP contribution is -2.35. The van der Waals surface area contributed by atoms with Gasteiger partial charge in [0.2, 0.25) is 0 Å². The molecule has 32 heavy (non-hydrogen) atoms. The summed E-state index contributed by atoms with van der Waals surface area (Å²) in [6.45, 7) is 1.22. The average molecular weight is 486 g/mol. The summed E-state index contributed by atoms with van der Waals surface area (Å²) in [6.07, 6.45) is 3.20. The third-order valence-electron chi connectivity index (χ3n) is 5.96. The summed E-state index contributed by atoms with van der Waals surface area (Å²) in [4.78, 5) is 21.4. The van der Waals surface area contributed by atoms with Crippen LogP contribution in [0.3, 0.4) is 0 Å². The topological polar surface area (TPSA) is 100 Å². The molecular formula is C21H22ClF2N3O4S. The van der Waals surface area contributed by atoms with E-state index in [1.165, 1.54) is 0 Å². The number of fused-ring (bicyclic) bond motifs is 1. The molecule has 3 heterocycles. The van der Waals surface area contributed by atoms with Gasteiger partial charge < -0.3 is 10.0 Å². The molecule has 2 aliphatic rings. The van der Waals surface area contributed by atoms with Gasteiger partial charge in [-0.2, -0.15) is 0 Å². The molecule has 11 heteroatoms. The lowest BCUT2D eigenvalue weighted by molar-refractivity contribution is -0.137. The number of carboxylic acid groups (broad SMARTS) is 1. The summed E-state index contributed by atoms with van der Waals surface area (Å²) < 4.78 is 53.1. The van der Waals surface area contributed by atoms with Crippen LogP contribution >= 0.6 is 11.6 Å². The highest BCUT2D eigenvalue weighted by molar-refractivity contribution is 7.90. The highest BCUT2D eigenvalue weighted by Gasteiger charge is 2.33. The van der Waals surface area contributed by atoms with E-state index < -0.39 is 27.4 Å². The summed E-state index contributed by atoms with van der Waals surface area (Å²) in [7, 11) is -3.40. The Balaban J connectivity index is 1.63. The van der Waals surface area contributed by atoms with Gasteiger partial charge in [-0.3, -0.25) is 4.79 Å². The van der Waals surface area contributed by atoms with Crippen molar-refractivity contribution in [3.05, 3.63) is 40.0 Å². The van der Waals surface area contributed by atoms with Gasteiger partial charge in [0, 0.05) is 25.1 Å². The Kier molecular flexibility index (Phi) is 6.35. The van der Waals surface area contributed by atoms with Crippen molar-refractivity contribution in [1.29, 1.82) is 0 Å². The zero-order valence-electron chi connectivity index (χ0n) is 17.2. The van der Waals surface area contributed by atoms with Gasteiger partial charge in [0.25, 0.3) is 0 Å². The Morgan fingerprint density at radius 2 is 1.88 bits per heavy atom. The van der Waals surface area contributed by atoms with Crippen LogP contribution in [0.4, 0.5) is 14.6 Å². The van der Waals surface area contributed by atoms with Crippen molar-refractivity contribution in [3.63, 3.8) is 0 Å². The van der Waals surface area contributed by atoms with E-state index in [-0.39, 0.29) is 34.3 Å². The molecule has 4 rings (SSSR count). The standard InChI is InChI=1S/C21H22ClF2N3O4S/c22-15-9-16(23)13(8-17(15)24)20-25-18-11-32(30,31)10-14(18)21(26-20)27-6-4-12(5-7-27)2-1-3-19(28)29/h8-9,12H,1-7,10-11H2,(H,28,29). The predicted molar refractivity (Wildman–Crippen MR) is 115 cm³/mol. The maximum atomic E-state index is 14.5. The van der Waals surface area contributed by atoms with Crippen LogP contribution in [0.2, 0.25) is 5.02 Å². The number of sulfone groups is 1. The lowest BCUT2D eigenvalue weighted by atomic mass is 9.91. The number of nitrogens with zero attached hydrogens (tertiary/aromatic N) is 3. The molecule has 1 aromatic carbocycles. The van der Waals surface area contributed by atoms with Crippen LogP contribution in [0.1, 0.15) is 43.4 Å². The number of aliphatic carboxylic acids is 1. The first-order chi connectivity index (χ1) is 15.1. The molecule has 1 N–H and O–H groups in total. The molecule has 0 atom stereocenters. The Hall–Kier alpha value is -2.33. The molecule has 0 saturated carbocycles. The van der Waals surface area contributed by atoms with Crippen LogP contribution in [0, 0.1) is 17.6 Å². The summed E-state index contributed by atoms with van der Waals surface area (Å²) in [6, 6.07) is 1.77. The number of carbonyl (C=O) groups is 1. The van der Waals surface area contributed by atoms with Crippen molar-refractivity contribution in [2.24, 2.45) is 5.92 Å². The summed E-state index contributed by atoms with van der Waals surface area (Å²) in [5, 5.41) is 8.45. The van der Waals surface area contributed by atoms with Crippen molar-refractivity contribution >= 4 is 33.2 Å². The van der Waals surface area contributed by atoms with Gasteiger partial charge in [-0.25, -0.2) is 27.2 Å². The zero-order chi connectivity index (χ0) is 23.0. The van der Waals surface area contributed by atoms with Crippen molar-refractivity contribution in [3.8, 4) is 11.4 Å². The first-order valence-corrected chi connectivity index (χ1v) is 12.5. The minimum atomic E-state index is -3.40. The van der Waals surface area contributed by atoms with Crippen molar-refractivity contribution in [2.45, 2.75) is 43.6 Å². The number of carboxylic acids is 1. The Morgan fingerprint density at radius 3 is 2.56 bits per heavy atom. The second-order valence-corrected chi connectivity index (χ2v) is 10.8. The number of aromatic nitrogens is 2. The van der Waals surface area contributed by atoms with E-state index in [1.807, 2.05) is 4.90 Å². The third kappa shape index (κ3) is 4.85. The van der Waals surface area contributed by atoms with Gasteiger partial charge in [0.1, 0.15) is 17.5 Å². The molecular weight excluding hydrogens is 464 g/mol. The second-order valence-electron chi connectivity index (χ2n) is 8.29. The van der Waals surface area contributed by atoms with Crippen LogP contribution in [0.15, 0.2) is 12.1 Å². The Bertz CT molecular complexity index is 1170. The highest BCUT2D eigenvalue weighted by Crippen LogP contribution is 2.36. The molecule has 1 saturated heterocycles. The van der Waals surface area contributed by atoms with Crippen molar-refractivity contribution < 1.29 is 27.1 Å². The third-order valence-corrected chi connectivity index (χ3v) is 7.69. The molecule has 2 aromatic rings. The molecule has 1 aromatic heterocycles. The molecule has 172 valence electrons. The number of rotatable bonds is 6. The molecule has 2 aliphatic heterocycles. The van der Waals surface area contributed by atoms with Crippen molar-refractivity contribution in [1.82, 2.24) is 9.97 Å². The fraction of sp³-hybridized carbons (Fsp3) is 0.476. The number of halogens is 3. The van der Waals surface area contributed by atoms with Crippen LogP contribution in [-0.2, 0) is 26.1 Å². The first-order valence-electron chi connectivity index (χ1n) is 10.3. The minimum Gasteiger partial charge on any atom is -0.481 e. The summed E-state index contributed by atoms with van der Waals surface area (Å²) in [5.41, 5.74) is 0.639. The van der Waals surface area contributed by atoms with Gasteiger partial charge in [0.15, 0.2) is 15.7 Å². The predicted octanol–water partition coefficient (Wildman–Crippen LogP) is 3.97. The number of hydrogen-bond donors (Lipinski definition) is 1. The highest BCUT2D eigenvalue weighted by atomic mass is 35.5. The lowest BCUT2D eigenvalue weighted by Gasteiger charge is -2.34. The average Bonchev–Trinajstić information content (AvgIpc) is 3.04. The first kappa shape index (κ1) is 22.8.